The zero-order chi connectivity index (χ0) is 16.1. The lowest BCUT2D eigenvalue weighted by Gasteiger charge is -2.07. The number of phenolic OH excluding ortho intramolecular Hbond substituents is 1. The minimum Gasteiger partial charge on any atom is -0.507 e. The zero-order valence-corrected chi connectivity index (χ0v) is 14.1. The maximum atomic E-state index is 12.0. The second-order valence-corrected chi connectivity index (χ2v) is 6.18. The summed E-state index contributed by atoms with van der Waals surface area (Å²) >= 11 is 4.79. The molecule has 0 amide bonds. The molecule has 0 aliphatic rings. The van der Waals surface area contributed by atoms with Crippen LogP contribution in [0.2, 0.25) is 0 Å². The van der Waals surface area contributed by atoms with Crippen LogP contribution in [0.5, 0.6) is 5.75 Å². The molecule has 0 spiro atoms. The first-order valence-electron chi connectivity index (χ1n) is 6.34. The number of Topliss-reactive ketones (excluding diaryl/α,β-unsaturated/α-hetero) is 1. The number of phenols is 1. The second-order valence-electron chi connectivity index (χ2n) is 4.39. The summed E-state index contributed by atoms with van der Waals surface area (Å²) in [5.41, 5.74) is 0.490. The van der Waals surface area contributed by atoms with Crippen molar-refractivity contribution >= 4 is 39.4 Å². The Bertz CT molecular complexity index is 698. The average molecular weight is 381 g/mol. The van der Waals surface area contributed by atoms with Gasteiger partial charge < -0.3 is 9.84 Å². The van der Waals surface area contributed by atoms with E-state index < -0.39 is 5.97 Å². The number of aromatic hydroxyl groups is 1. The molecule has 2 aromatic carbocycles. The van der Waals surface area contributed by atoms with Crippen LogP contribution < -0.4 is 0 Å². The average Bonchev–Trinajstić information content (AvgIpc) is 2.54. The van der Waals surface area contributed by atoms with E-state index in [1.807, 2.05) is 18.4 Å². The van der Waals surface area contributed by atoms with Crippen LogP contribution >= 0.6 is 27.7 Å². The summed E-state index contributed by atoms with van der Waals surface area (Å²) < 4.78 is 5.60. The molecule has 0 fully saturated rings. The summed E-state index contributed by atoms with van der Waals surface area (Å²) in [5.74, 6) is -1.23. The number of thioether (sulfide) groups is 1. The van der Waals surface area contributed by atoms with Crippen LogP contribution in [0, 0.1) is 0 Å². The molecule has 0 atom stereocenters. The van der Waals surface area contributed by atoms with E-state index >= 15 is 0 Å². The Hall–Kier alpha value is -1.79. The fourth-order valence-corrected chi connectivity index (χ4v) is 2.51. The third kappa shape index (κ3) is 4.11. The van der Waals surface area contributed by atoms with E-state index in [1.54, 1.807) is 30.0 Å². The van der Waals surface area contributed by atoms with E-state index in [1.165, 1.54) is 12.1 Å². The fourth-order valence-electron chi connectivity index (χ4n) is 1.74. The van der Waals surface area contributed by atoms with Gasteiger partial charge in [0, 0.05) is 14.9 Å². The van der Waals surface area contributed by atoms with Crippen LogP contribution in [0.1, 0.15) is 20.7 Å². The smallest absolute Gasteiger partial charge is 0.342 e. The first-order valence-corrected chi connectivity index (χ1v) is 8.36. The SMILES string of the molecule is CSc1ccc(C(=O)COC(=O)c2cc(Br)ccc2O)cc1. The fraction of sp³-hybridized carbons (Fsp3) is 0.125. The lowest BCUT2D eigenvalue weighted by atomic mass is 10.1. The van der Waals surface area contributed by atoms with Crippen molar-refractivity contribution in [1.82, 2.24) is 0 Å². The van der Waals surface area contributed by atoms with E-state index in [0.717, 1.165) is 4.90 Å². The van der Waals surface area contributed by atoms with Gasteiger partial charge in [-0.15, -0.1) is 11.8 Å². The van der Waals surface area contributed by atoms with Crippen LogP contribution in [0.4, 0.5) is 0 Å². The molecular formula is C16H13BrO4S. The van der Waals surface area contributed by atoms with Crippen LogP contribution in [-0.2, 0) is 4.74 Å². The Balaban J connectivity index is 2.00. The summed E-state index contributed by atoms with van der Waals surface area (Å²) in [6, 6.07) is 11.5. The maximum absolute atomic E-state index is 12.0. The summed E-state index contributed by atoms with van der Waals surface area (Å²) in [4.78, 5) is 24.9. The Morgan fingerprint density at radius 2 is 1.86 bits per heavy atom. The van der Waals surface area contributed by atoms with Crippen molar-refractivity contribution in [3.63, 3.8) is 0 Å². The van der Waals surface area contributed by atoms with Gasteiger partial charge in [-0.3, -0.25) is 4.79 Å². The van der Waals surface area contributed by atoms with Crippen molar-refractivity contribution in [3.05, 3.63) is 58.1 Å². The number of carbonyl (C=O) groups is 2. The molecule has 114 valence electrons. The van der Waals surface area contributed by atoms with Gasteiger partial charge in [0.2, 0.25) is 0 Å². The number of ether oxygens (including phenoxy) is 1. The van der Waals surface area contributed by atoms with Crippen molar-refractivity contribution in [1.29, 1.82) is 0 Å². The van der Waals surface area contributed by atoms with Crippen molar-refractivity contribution < 1.29 is 19.4 Å². The van der Waals surface area contributed by atoms with Crippen molar-refractivity contribution in [2.24, 2.45) is 0 Å². The molecule has 0 aliphatic heterocycles. The third-order valence-corrected chi connectivity index (χ3v) is 4.16. The molecule has 1 N–H and O–H groups in total. The molecule has 0 heterocycles. The Morgan fingerprint density at radius 3 is 2.50 bits per heavy atom. The van der Waals surface area contributed by atoms with Crippen molar-refractivity contribution in [2.45, 2.75) is 4.90 Å². The van der Waals surface area contributed by atoms with E-state index in [4.69, 9.17) is 4.74 Å². The van der Waals surface area contributed by atoms with E-state index in [2.05, 4.69) is 15.9 Å². The number of ketones is 1. The first kappa shape index (κ1) is 16.6. The molecule has 0 saturated heterocycles. The summed E-state index contributed by atoms with van der Waals surface area (Å²) in [7, 11) is 0. The van der Waals surface area contributed by atoms with Gasteiger partial charge in [-0.1, -0.05) is 28.1 Å². The van der Waals surface area contributed by atoms with E-state index in [9.17, 15) is 14.7 Å². The van der Waals surface area contributed by atoms with Gasteiger partial charge in [0.25, 0.3) is 0 Å². The highest BCUT2D eigenvalue weighted by atomic mass is 79.9. The normalized spacial score (nSPS) is 10.3. The molecule has 0 bridgehead atoms. The largest absolute Gasteiger partial charge is 0.507 e. The van der Waals surface area contributed by atoms with Crippen LogP contribution in [0.3, 0.4) is 0 Å². The van der Waals surface area contributed by atoms with Gasteiger partial charge in [0.15, 0.2) is 12.4 Å². The first-order chi connectivity index (χ1) is 10.5. The third-order valence-electron chi connectivity index (χ3n) is 2.92. The van der Waals surface area contributed by atoms with Crippen LogP contribution in [0.25, 0.3) is 0 Å². The standard InChI is InChI=1S/C16H13BrO4S/c1-22-12-5-2-10(3-6-12)15(19)9-21-16(20)13-8-11(17)4-7-14(13)18/h2-8,18H,9H2,1H3. The summed E-state index contributed by atoms with van der Waals surface area (Å²) in [5, 5.41) is 9.64. The molecule has 22 heavy (non-hydrogen) atoms. The molecular weight excluding hydrogens is 368 g/mol. The topological polar surface area (TPSA) is 63.6 Å². The molecule has 0 unspecified atom stereocenters. The molecule has 4 nitrogen and oxygen atoms in total. The second kappa shape index (κ2) is 7.47. The van der Waals surface area contributed by atoms with E-state index in [0.29, 0.717) is 10.0 Å². The summed E-state index contributed by atoms with van der Waals surface area (Å²) in [6.07, 6.45) is 1.95. The Labute approximate surface area is 140 Å². The molecule has 6 heteroatoms. The van der Waals surface area contributed by atoms with Crippen LogP contribution in [0.15, 0.2) is 51.8 Å². The number of benzene rings is 2. The van der Waals surface area contributed by atoms with E-state index in [-0.39, 0.29) is 23.7 Å². The predicted molar refractivity (Wildman–Crippen MR) is 88.6 cm³/mol. The number of esters is 1. The molecule has 0 aliphatic carbocycles. The lowest BCUT2D eigenvalue weighted by molar-refractivity contribution is 0.0471. The molecule has 0 saturated carbocycles. The van der Waals surface area contributed by atoms with Gasteiger partial charge in [-0.05, 0) is 36.6 Å². The lowest BCUT2D eigenvalue weighted by Crippen LogP contribution is -2.14. The van der Waals surface area contributed by atoms with Gasteiger partial charge in [0.1, 0.15) is 11.3 Å². The summed E-state index contributed by atoms with van der Waals surface area (Å²) in [6.45, 7) is -0.372. The minimum atomic E-state index is -0.743. The van der Waals surface area contributed by atoms with Gasteiger partial charge in [0.05, 0.1) is 0 Å². The van der Waals surface area contributed by atoms with Gasteiger partial charge in [-0.2, -0.15) is 0 Å². The van der Waals surface area contributed by atoms with Gasteiger partial charge in [-0.25, -0.2) is 4.79 Å². The Kier molecular flexibility index (Phi) is 5.63. The highest BCUT2D eigenvalue weighted by Crippen LogP contribution is 2.22. The quantitative estimate of drug-likeness (QED) is 0.483. The predicted octanol–water partition coefficient (Wildman–Crippen LogP) is 3.92. The molecule has 2 aromatic rings. The Morgan fingerprint density at radius 1 is 1.18 bits per heavy atom. The minimum absolute atomic E-state index is 0.0138. The van der Waals surface area contributed by atoms with Gasteiger partial charge >= 0.3 is 5.97 Å². The molecule has 0 aromatic heterocycles. The van der Waals surface area contributed by atoms with Crippen LogP contribution in [-0.4, -0.2) is 29.7 Å². The highest BCUT2D eigenvalue weighted by molar-refractivity contribution is 9.10. The number of carbonyl (C=O) groups excluding carboxylic acids is 2. The zero-order valence-electron chi connectivity index (χ0n) is 11.7. The number of halogens is 1. The number of rotatable bonds is 5. The van der Waals surface area contributed by atoms with Crippen molar-refractivity contribution in [3.8, 4) is 5.75 Å². The molecule has 2 rings (SSSR count). The number of hydrogen-bond acceptors (Lipinski definition) is 5. The monoisotopic (exact) mass is 380 g/mol. The highest BCUT2D eigenvalue weighted by Gasteiger charge is 2.15. The molecule has 0 radical (unpaired) electrons. The maximum Gasteiger partial charge on any atom is 0.342 e. The van der Waals surface area contributed by atoms with Crippen molar-refractivity contribution in [2.75, 3.05) is 12.9 Å². The number of hydrogen-bond donors (Lipinski definition) is 1.